The molecule has 0 atom stereocenters. The second-order valence-corrected chi connectivity index (χ2v) is 10.3. The molecular formula is C22H31N3O3S. The third-order valence-corrected chi connectivity index (χ3v) is 6.55. The van der Waals surface area contributed by atoms with E-state index >= 15 is 0 Å². The quantitative estimate of drug-likeness (QED) is 0.753. The highest BCUT2D eigenvalue weighted by Crippen LogP contribution is 2.28. The molecule has 0 bridgehead atoms. The molecule has 1 aliphatic rings. The second-order valence-electron chi connectivity index (χ2n) is 8.67. The first kappa shape index (κ1) is 21.9. The minimum Gasteiger partial charge on any atom is -0.373 e. The molecule has 0 amide bonds. The van der Waals surface area contributed by atoms with Gasteiger partial charge in [-0.25, -0.2) is 13.1 Å². The minimum absolute atomic E-state index is 0.240. The van der Waals surface area contributed by atoms with Gasteiger partial charge in [-0.05, 0) is 77.4 Å². The molecule has 6 nitrogen and oxygen atoms in total. The Morgan fingerprint density at radius 2 is 1.90 bits per heavy atom. The number of aryl methyl sites for hydroxylation is 1. The molecule has 3 rings (SSSR count). The number of piperidine rings is 1. The molecule has 0 spiro atoms. The standard InChI is InChI=1S/C22H31N3O3S/c1-16-5-8-21(29(26,27)25-22(2,3)4)19(13-16)20-7-6-17(14-24-20)15-28-18-9-11-23-12-10-18/h5-8,13-14,18,23,25H,9-12,15H2,1-4H3. The maximum atomic E-state index is 12.9. The monoisotopic (exact) mass is 417 g/mol. The van der Waals surface area contributed by atoms with Crippen LogP contribution in [0.15, 0.2) is 41.4 Å². The molecule has 1 aromatic carbocycles. The lowest BCUT2D eigenvalue weighted by molar-refractivity contribution is 0.0211. The molecule has 158 valence electrons. The predicted octanol–water partition coefficient (Wildman–Crippen LogP) is 3.40. The van der Waals surface area contributed by atoms with E-state index in [1.807, 2.05) is 52.0 Å². The number of hydrogen-bond donors (Lipinski definition) is 2. The summed E-state index contributed by atoms with van der Waals surface area (Å²) >= 11 is 0. The lowest BCUT2D eigenvalue weighted by Gasteiger charge is -2.23. The number of nitrogens with one attached hydrogen (secondary N) is 2. The maximum absolute atomic E-state index is 12.9. The highest BCUT2D eigenvalue weighted by Gasteiger charge is 2.25. The first-order valence-electron chi connectivity index (χ1n) is 10.1. The highest BCUT2D eigenvalue weighted by atomic mass is 32.2. The fourth-order valence-electron chi connectivity index (χ4n) is 3.38. The average Bonchev–Trinajstić information content (AvgIpc) is 2.65. The van der Waals surface area contributed by atoms with Crippen LogP contribution in [0.1, 0.15) is 44.7 Å². The van der Waals surface area contributed by atoms with Crippen molar-refractivity contribution in [3.63, 3.8) is 0 Å². The van der Waals surface area contributed by atoms with Crippen LogP contribution in [0, 0.1) is 6.92 Å². The summed E-state index contributed by atoms with van der Waals surface area (Å²) in [6.07, 6.45) is 4.10. The molecule has 2 aromatic rings. The highest BCUT2D eigenvalue weighted by molar-refractivity contribution is 7.89. The van der Waals surface area contributed by atoms with Gasteiger partial charge in [0.15, 0.2) is 0 Å². The van der Waals surface area contributed by atoms with Gasteiger partial charge in [0.1, 0.15) is 0 Å². The number of sulfonamides is 1. The molecule has 7 heteroatoms. The van der Waals surface area contributed by atoms with E-state index in [9.17, 15) is 8.42 Å². The number of aromatic nitrogens is 1. The Bertz CT molecular complexity index is 929. The van der Waals surface area contributed by atoms with Gasteiger partial charge in [0, 0.05) is 17.3 Å². The summed E-state index contributed by atoms with van der Waals surface area (Å²) in [5.74, 6) is 0. The Labute approximate surface area is 174 Å². The topological polar surface area (TPSA) is 80.3 Å². The molecule has 0 radical (unpaired) electrons. The first-order valence-corrected chi connectivity index (χ1v) is 11.5. The van der Waals surface area contributed by atoms with E-state index < -0.39 is 15.6 Å². The molecule has 0 unspecified atom stereocenters. The zero-order valence-corrected chi connectivity index (χ0v) is 18.5. The molecule has 1 aromatic heterocycles. The molecule has 2 N–H and O–H groups in total. The Hall–Kier alpha value is -1.80. The van der Waals surface area contributed by atoms with Crippen LogP contribution in [0.4, 0.5) is 0 Å². The Morgan fingerprint density at radius 3 is 2.52 bits per heavy atom. The van der Waals surface area contributed by atoms with E-state index in [-0.39, 0.29) is 11.0 Å². The van der Waals surface area contributed by atoms with Gasteiger partial charge in [-0.1, -0.05) is 17.7 Å². The molecule has 29 heavy (non-hydrogen) atoms. The third kappa shape index (κ3) is 6.09. The maximum Gasteiger partial charge on any atom is 0.241 e. The normalized spacial score (nSPS) is 16.1. The van der Waals surface area contributed by atoms with Crippen molar-refractivity contribution in [1.29, 1.82) is 0 Å². The van der Waals surface area contributed by atoms with Crippen molar-refractivity contribution in [2.24, 2.45) is 0 Å². The smallest absolute Gasteiger partial charge is 0.241 e. The zero-order valence-electron chi connectivity index (χ0n) is 17.7. The minimum atomic E-state index is -3.67. The predicted molar refractivity (Wildman–Crippen MR) is 115 cm³/mol. The molecule has 0 aliphatic carbocycles. The lowest BCUT2D eigenvalue weighted by Crippen LogP contribution is -2.40. The average molecular weight is 418 g/mol. The van der Waals surface area contributed by atoms with Crippen molar-refractivity contribution in [3.05, 3.63) is 47.7 Å². The molecular weight excluding hydrogens is 386 g/mol. The lowest BCUT2D eigenvalue weighted by atomic mass is 10.1. The van der Waals surface area contributed by atoms with Crippen LogP contribution in [-0.2, 0) is 21.4 Å². The van der Waals surface area contributed by atoms with Crippen molar-refractivity contribution in [3.8, 4) is 11.3 Å². The SMILES string of the molecule is Cc1ccc(S(=O)(=O)NC(C)(C)C)c(-c2ccc(COC3CCNCC3)cn2)c1. The van der Waals surface area contributed by atoms with E-state index in [0.717, 1.165) is 37.1 Å². The number of benzene rings is 1. The van der Waals surface area contributed by atoms with Crippen LogP contribution in [0.2, 0.25) is 0 Å². The van der Waals surface area contributed by atoms with Crippen LogP contribution in [0.3, 0.4) is 0 Å². The fourth-order valence-corrected chi connectivity index (χ4v) is 5.00. The third-order valence-electron chi connectivity index (χ3n) is 4.74. The number of hydrogen-bond acceptors (Lipinski definition) is 5. The summed E-state index contributed by atoms with van der Waals surface area (Å²) in [6.45, 7) is 9.93. The van der Waals surface area contributed by atoms with Gasteiger partial charge in [0.05, 0.1) is 23.3 Å². The van der Waals surface area contributed by atoms with E-state index in [0.29, 0.717) is 17.9 Å². The number of nitrogens with zero attached hydrogens (tertiary/aromatic N) is 1. The van der Waals surface area contributed by atoms with Crippen LogP contribution < -0.4 is 10.0 Å². The van der Waals surface area contributed by atoms with Crippen LogP contribution in [-0.4, -0.2) is 38.1 Å². The Kier molecular flexibility index (Phi) is 6.73. The van der Waals surface area contributed by atoms with Crippen molar-refractivity contribution in [2.75, 3.05) is 13.1 Å². The largest absolute Gasteiger partial charge is 0.373 e. The summed E-state index contributed by atoms with van der Waals surface area (Å²) in [5.41, 5.74) is 2.64. The van der Waals surface area contributed by atoms with Gasteiger partial charge >= 0.3 is 0 Å². The Morgan fingerprint density at radius 1 is 1.17 bits per heavy atom. The molecule has 0 saturated carbocycles. The van der Waals surface area contributed by atoms with Gasteiger partial charge in [0.2, 0.25) is 10.0 Å². The van der Waals surface area contributed by atoms with Crippen molar-refractivity contribution >= 4 is 10.0 Å². The molecule has 2 heterocycles. The van der Waals surface area contributed by atoms with Crippen molar-refractivity contribution < 1.29 is 13.2 Å². The van der Waals surface area contributed by atoms with E-state index in [1.54, 1.807) is 12.3 Å². The van der Waals surface area contributed by atoms with E-state index in [1.165, 1.54) is 0 Å². The summed E-state index contributed by atoms with van der Waals surface area (Å²) in [5, 5.41) is 3.33. The van der Waals surface area contributed by atoms with Gasteiger partial charge in [-0.3, -0.25) is 4.98 Å². The summed E-state index contributed by atoms with van der Waals surface area (Å²) < 4.78 is 34.6. The molecule has 1 fully saturated rings. The van der Waals surface area contributed by atoms with Gasteiger partial charge in [0.25, 0.3) is 0 Å². The summed E-state index contributed by atoms with van der Waals surface area (Å²) in [4.78, 5) is 4.78. The van der Waals surface area contributed by atoms with Gasteiger partial charge in [-0.15, -0.1) is 0 Å². The summed E-state index contributed by atoms with van der Waals surface area (Å²) in [7, 11) is -3.67. The van der Waals surface area contributed by atoms with Crippen LogP contribution in [0.5, 0.6) is 0 Å². The van der Waals surface area contributed by atoms with Crippen molar-refractivity contribution in [1.82, 2.24) is 15.0 Å². The number of pyridine rings is 1. The van der Waals surface area contributed by atoms with Gasteiger partial charge in [-0.2, -0.15) is 0 Å². The second kappa shape index (κ2) is 8.92. The molecule has 1 aliphatic heterocycles. The van der Waals surface area contributed by atoms with Crippen molar-refractivity contribution in [2.45, 2.75) is 63.7 Å². The fraction of sp³-hybridized carbons (Fsp3) is 0.500. The zero-order chi connectivity index (χ0) is 21.1. The summed E-state index contributed by atoms with van der Waals surface area (Å²) in [6, 6.07) is 9.15. The number of ether oxygens (including phenoxy) is 1. The van der Waals surface area contributed by atoms with Crippen LogP contribution >= 0.6 is 0 Å². The van der Waals surface area contributed by atoms with Crippen LogP contribution in [0.25, 0.3) is 11.3 Å². The van der Waals surface area contributed by atoms with E-state index in [4.69, 9.17) is 4.74 Å². The van der Waals surface area contributed by atoms with Gasteiger partial charge < -0.3 is 10.1 Å². The number of rotatable bonds is 6. The molecule has 1 saturated heterocycles. The van der Waals surface area contributed by atoms with E-state index in [2.05, 4.69) is 15.0 Å². The first-order chi connectivity index (χ1) is 13.6. The Balaban J connectivity index is 1.82.